The monoisotopic (exact) mass is 611 g/mol. The molecule has 5 rings (SSSR count). The quantitative estimate of drug-likeness (QED) is 0.219. The Hall–Kier alpha value is -1.36. The first-order valence-corrected chi connectivity index (χ1v) is 18.0. The van der Waals surface area contributed by atoms with Crippen LogP contribution in [0.2, 0.25) is 0 Å². The number of carbonyl (C=O) groups excluding carboxylic acids is 1. The van der Waals surface area contributed by atoms with Gasteiger partial charge in [0.25, 0.3) is 0 Å². The molecule has 1 N–H and O–H groups in total. The molecule has 0 aromatic carbocycles. The second kappa shape index (κ2) is 11.1. The van der Waals surface area contributed by atoms with Crippen LogP contribution in [0.15, 0.2) is 12.2 Å². The Balaban J connectivity index is 1.41. The van der Waals surface area contributed by atoms with Crippen LogP contribution in [0, 0.1) is 62.1 Å². The fourth-order valence-electron chi connectivity index (χ4n) is 13.0. The SMILES string of the molecule is C=C(C)[C@@H]1CC[C@]2(CCN(C)C)CC[C@]3(C)[C@H](CC[C@@H]4[C@@]5(C)CC[C@H](OC(=O)CC(C)(C)C(=O)O)C(C)(C)[C@@H]5CC[C@]43C)[C@@H]12. The molecule has 0 aromatic heterocycles. The van der Waals surface area contributed by atoms with E-state index in [2.05, 4.69) is 67.1 Å². The summed E-state index contributed by atoms with van der Waals surface area (Å²) in [5, 5.41) is 9.56. The molecule has 0 spiro atoms. The molecule has 5 fully saturated rings. The van der Waals surface area contributed by atoms with Gasteiger partial charge in [-0.25, -0.2) is 0 Å². The molecule has 5 aliphatic rings. The van der Waals surface area contributed by atoms with Gasteiger partial charge in [0.1, 0.15) is 6.10 Å². The van der Waals surface area contributed by atoms with Gasteiger partial charge in [-0.05, 0) is 163 Å². The zero-order chi connectivity index (χ0) is 32.7. The molecule has 0 radical (unpaired) electrons. The number of carboxylic acids is 1. The van der Waals surface area contributed by atoms with E-state index in [4.69, 9.17) is 4.74 Å². The van der Waals surface area contributed by atoms with Gasteiger partial charge in [-0.3, -0.25) is 9.59 Å². The van der Waals surface area contributed by atoms with Crippen molar-refractivity contribution in [2.24, 2.45) is 62.1 Å². The van der Waals surface area contributed by atoms with E-state index in [0.717, 1.165) is 24.7 Å². The lowest BCUT2D eigenvalue weighted by Crippen LogP contribution is -2.66. The molecule has 0 heterocycles. The van der Waals surface area contributed by atoms with Crippen molar-refractivity contribution in [3.05, 3.63) is 12.2 Å². The highest BCUT2D eigenvalue weighted by molar-refractivity contribution is 5.81. The van der Waals surface area contributed by atoms with Crippen LogP contribution >= 0.6 is 0 Å². The topological polar surface area (TPSA) is 66.8 Å². The Morgan fingerprint density at radius 2 is 1.57 bits per heavy atom. The number of rotatable bonds is 8. The summed E-state index contributed by atoms with van der Waals surface area (Å²) in [6.45, 7) is 24.0. The fourth-order valence-corrected chi connectivity index (χ4v) is 13.0. The lowest BCUT2D eigenvalue weighted by molar-refractivity contribution is -0.250. The number of hydrogen-bond donors (Lipinski definition) is 1. The number of allylic oxidation sites excluding steroid dienone is 1. The minimum absolute atomic E-state index is 0.0837. The van der Waals surface area contributed by atoms with Crippen LogP contribution in [0.5, 0.6) is 0 Å². The Morgan fingerprint density at radius 1 is 0.886 bits per heavy atom. The first kappa shape index (κ1) is 34.0. The fraction of sp³-hybridized carbons (Fsp3) is 0.897. The molecule has 5 aliphatic carbocycles. The Bertz CT molecular complexity index is 1160. The maximum Gasteiger partial charge on any atom is 0.309 e. The summed E-state index contributed by atoms with van der Waals surface area (Å²) in [6, 6.07) is 0. The van der Waals surface area contributed by atoms with Crippen molar-refractivity contribution in [2.75, 3.05) is 20.6 Å². The normalized spacial score (nSPS) is 44.6. The Labute approximate surface area is 269 Å². The van der Waals surface area contributed by atoms with Gasteiger partial charge in [0.2, 0.25) is 0 Å². The number of carboxylic acid groups (broad SMARTS) is 1. The minimum Gasteiger partial charge on any atom is -0.481 e. The predicted molar refractivity (Wildman–Crippen MR) is 178 cm³/mol. The van der Waals surface area contributed by atoms with Gasteiger partial charge in [0, 0.05) is 5.41 Å². The van der Waals surface area contributed by atoms with Gasteiger partial charge in [0.05, 0.1) is 11.8 Å². The van der Waals surface area contributed by atoms with E-state index in [0.29, 0.717) is 34.0 Å². The number of aliphatic carboxylic acids is 1. The van der Waals surface area contributed by atoms with Gasteiger partial charge in [0.15, 0.2) is 0 Å². The molecule has 5 heteroatoms. The molecule has 44 heavy (non-hydrogen) atoms. The highest BCUT2D eigenvalue weighted by Gasteiger charge is 2.71. The molecule has 0 amide bonds. The van der Waals surface area contributed by atoms with Crippen molar-refractivity contribution in [3.63, 3.8) is 0 Å². The standard InChI is InChI=1S/C39H65NO4/c1-25(2)26-14-19-39(22-23-40(10)11)21-20-37(8)27(32(26)39)12-13-29-36(7)17-16-30(44-31(41)24-34(3,4)33(42)43)35(5,6)28(36)15-18-38(29,37)9/h26-30,32H,1,12-24H2,2-11H3,(H,42,43)/t26-,27+,28-,29+,30-,32+,36-,37+,38+,39+/m0/s1. The Kier molecular flexibility index (Phi) is 8.59. The van der Waals surface area contributed by atoms with Crippen LogP contribution < -0.4 is 0 Å². The van der Waals surface area contributed by atoms with E-state index in [1.54, 1.807) is 13.8 Å². The van der Waals surface area contributed by atoms with Gasteiger partial charge in [-0.2, -0.15) is 0 Å². The molecule has 0 unspecified atom stereocenters. The lowest BCUT2D eigenvalue weighted by atomic mass is 9.32. The molecule has 10 atom stereocenters. The summed E-state index contributed by atoms with van der Waals surface area (Å²) < 4.78 is 6.17. The van der Waals surface area contributed by atoms with E-state index in [1.165, 1.54) is 69.9 Å². The van der Waals surface area contributed by atoms with Crippen molar-refractivity contribution in [3.8, 4) is 0 Å². The van der Waals surface area contributed by atoms with Crippen LogP contribution in [-0.4, -0.2) is 48.7 Å². The number of fused-ring (bicyclic) bond motifs is 7. The highest BCUT2D eigenvalue weighted by Crippen LogP contribution is 2.78. The molecule has 5 nitrogen and oxygen atoms in total. The third kappa shape index (κ3) is 5.03. The van der Waals surface area contributed by atoms with Crippen LogP contribution in [0.3, 0.4) is 0 Å². The maximum atomic E-state index is 13.0. The predicted octanol–water partition coefficient (Wildman–Crippen LogP) is 9.01. The number of nitrogens with zero attached hydrogens (tertiary/aromatic N) is 1. The van der Waals surface area contributed by atoms with Crippen molar-refractivity contribution >= 4 is 11.9 Å². The van der Waals surface area contributed by atoms with E-state index < -0.39 is 11.4 Å². The highest BCUT2D eigenvalue weighted by atomic mass is 16.5. The molecule has 250 valence electrons. The minimum atomic E-state index is -1.11. The average molecular weight is 612 g/mol. The molecule has 0 aliphatic heterocycles. The summed E-state index contributed by atoms with van der Waals surface area (Å²) in [4.78, 5) is 27.1. The summed E-state index contributed by atoms with van der Waals surface area (Å²) in [5.41, 5.74) is 1.51. The van der Waals surface area contributed by atoms with Gasteiger partial charge in [-0.1, -0.05) is 46.8 Å². The molecular weight excluding hydrogens is 546 g/mol. The van der Waals surface area contributed by atoms with Gasteiger partial charge in [-0.15, -0.1) is 0 Å². The third-order valence-electron chi connectivity index (χ3n) is 15.7. The van der Waals surface area contributed by atoms with Crippen LogP contribution in [0.4, 0.5) is 0 Å². The number of esters is 1. The third-order valence-corrected chi connectivity index (χ3v) is 15.7. The van der Waals surface area contributed by atoms with Crippen molar-refractivity contribution in [1.82, 2.24) is 4.90 Å². The van der Waals surface area contributed by atoms with E-state index >= 15 is 0 Å². The molecule has 5 saturated carbocycles. The molecule has 0 bridgehead atoms. The van der Waals surface area contributed by atoms with Crippen molar-refractivity contribution < 1.29 is 19.4 Å². The van der Waals surface area contributed by atoms with Crippen LogP contribution in [0.25, 0.3) is 0 Å². The summed E-state index contributed by atoms with van der Waals surface area (Å²) in [6.07, 6.45) is 13.6. The summed E-state index contributed by atoms with van der Waals surface area (Å²) >= 11 is 0. The second-order valence-electron chi connectivity index (χ2n) is 18.8. The second-order valence-corrected chi connectivity index (χ2v) is 18.8. The van der Waals surface area contributed by atoms with Crippen molar-refractivity contribution in [2.45, 2.75) is 139 Å². The Morgan fingerprint density at radius 3 is 2.18 bits per heavy atom. The number of ether oxygens (including phenoxy) is 1. The van der Waals surface area contributed by atoms with E-state index in [1.807, 2.05) is 0 Å². The first-order valence-electron chi connectivity index (χ1n) is 18.0. The van der Waals surface area contributed by atoms with Crippen LogP contribution in [0.1, 0.15) is 132 Å². The summed E-state index contributed by atoms with van der Waals surface area (Å²) in [7, 11) is 4.48. The average Bonchev–Trinajstić information content (AvgIpc) is 3.29. The molecule has 0 saturated heterocycles. The zero-order valence-corrected chi connectivity index (χ0v) is 30.0. The molecule has 0 aromatic rings. The van der Waals surface area contributed by atoms with E-state index in [9.17, 15) is 14.7 Å². The maximum absolute atomic E-state index is 13.0. The number of carbonyl (C=O) groups is 2. The first-order chi connectivity index (χ1) is 20.2. The van der Waals surface area contributed by atoms with E-state index in [-0.39, 0.29) is 29.3 Å². The zero-order valence-electron chi connectivity index (χ0n) is 30.0. The number of hydrogen-bond acceptors (Lipinski definition) is 4. The largest absolute Gasteiger partial charge is 0.481 e. The van der Waals surface area contributed by atoms with Crippen molar-refractivity contribution in [1.29, 1.82) is 0 Å². The lowest BCUT2D eigenvalue weighted by Gasteiger charge is -2.73. The smallest absolute Gasteiger partial charge is 0.309 e. The van der Waals surface area contributed by atoms with Crippen LogP contribution in [-0.2, 0) is 14.3 Å². The summed E-state index contributed by atoms with van der Waals surface area (Å²) in [5.74, 6) is 2.06. The molecular formula is C39H65NO4. The van der Waals surface area contributed by atoms with Gasteiger partial charge >= 0.3 is 11.9 Å². The van der Waals surface area contributed by atoms with Gasteiger partial charge < -0.3 is 14.7 Å².